The van der Waals surface area contributed by atoms with Gasteiger partial charge in [0.2, 0.25) is 0 Å². The predicted molar refractivity (Wildman–Crippen MR) is 59.1 cm³/mol. The molecule has 4 atom stereocenters. The summed E-state index contributed by atoms with van der Waals surface area (Å²) in [5, 5.41) is 11.4. The molecule has 1 aliphatic carbocycles. The fraction of sp³-hybridized carbons (Fsp3) is 0.917. The Bertz CT molecular complexity index is 282. The van der Waals surface area contributed by atoms with Crippen molar-refractivity contribution in [2.24, 2.45) is 17.8 Å². The smallest absolute Gasteiger partial charge is 0.312 e. The van der Waals surface area contributed by atoms with Crippen molar-refractivity contribution < 1.29 is 13.2 Å². The molecule has 1 saturated carbocycles. The highest BCUT2D eigenvalue weighted by Crippen LogP contribution is 2.34. The first-order valence-corrected chi connectivity index (χ1v) is 6.09. The van der Waals surface area contributed by atoms with Crippen LogP contribution in [0.25, 0.3) is 0 Å². The Hall–Kier alpha value is -0.760. The van der Waals surface area contributed by atoms with E-state index in [9.17, 15) is 13.2 Å². The first kappa shape index (κ1) is 14.3. The molecule has 98 valence electrons. The van der Waals surface area contributed by atoms with Crippen LogP contribution in [0.3, 0.4) is 0 Å². The zero-order valence-corrected chi connectivity index (χ0v) is 10.2. The van der Waals surface area contributed by atoms with Crippen LogP contribution < -0.4 is 5.32 Å². The molecule has 0 aromatic rings. The monoisotopic (exact) mass is 248 g/mol. The molecule has 0 saturated heterocycles. The number of rotatable bonds is 4. The van der Waals surface area contributed by atoms with Crippen LogP contribution in [0.1, 0.15) is 33.1 Å². The molecule has 0 heterocycles. The molecule has 17 heavy (non-hydrogen) atoms. The van der Waals surface area contributed by atoms with Crippen LogP contribution in [-0.2, 0) is 0 Å². The van der Waals surface area contributed by atoms with Crippen molar-refractivity contribution in [3.63, 3.8) is 0 Å². The molecule has 1 N–H and O–H groups in total. The summed E-state index contributed by atoms with van der Waals surface area (Å²) in [5.74, 6) is -0.901. The van der Waals surface area contributed by atoms with Gasteiger partial charge in [-0.25, -0.2) is 0 Å². The van der Waals surface area contributed by atoms with Gasteiger partial charge in [-0.05, 0) is 24.7 Å². The fourth-order valence-electron chi connectivity index (χ4n) is 2.62. The van der Waals surface area contributed by atoms with E-state index < -0.39 is 12.1 Å². The molecule has 4 unspecified atom stereocenters. The lowest BCUT2D eigenvalue weighted by atomic mass is 9.93. The summed E-state index contributed by atoms with van der Waals surface area (Å²) in [4.78, 5) is 0. The highest BCUT2D eigenvalue weighted by atomic mass is 19.4. The summed E-state index contributed by atoms with van der Waals surface area (Å²) >= 11 is 0. The van der Waals surface area contributed by atoms with E-state index in [0.29, 0.717) is 11.8 Å². The van der Waals surface area contributed by atoms with Crippen molar-refractivity contribution in [1.29, 1.82) is 5.26 Å². The maximum atomic E-state index is 12.4. The first-order chi connectivity index (χ1) is 7.90. The van der Waals surface area contributed by atoms with Crippen molar-refractivity contribution in [1.82, 2.24) is 5.32 Å². The summed E-state index contributed by atoms with van der Waals surface area (Å²) in [5.41, 5.74) is 0. The minimum Gasteiger partial charge on any atom is -0.312 e. The molecule has 2 nitrogen and oxygen atoms in total. The third-order valence-corrected chi connectivity index (χ3v) is 3.89. The van der Waals surface area contributed by atoms with E-state index in [2.05, 4.69) is 19.2 Å². The zero-order valence-electron chi connectivity index (χ0n) is 10.2. The number of hydrogen-bond donors (Lipinski definition) is 1. The molecule has 0 bridgehead atoms. The van der Waals surface area contributed by atoms with Crippen molar-refractivity contribution in [3.05, 3.63) is 0 Å². The second kappa shape index (κ2) is 5.72. The Balaban J connectivity index is 2.44. The van der Waals surface area contributed by atoms with Crippen LogP contribution in [0.2, 0.25) is 0 Å². The Labute approximate surface area is 100 Å². The second-order valence-corrected chi connectivity index (χ2v) is 4.84. The quantitative estimate of drug-likeness (QED) is 0.829. The topological polar surface area (TPSA) is 35.8 Å². The van der Waals surface area contributed by atoms with E-state index in [0.717, 1.165) is 19.3 Å². The zero-order chi connectivity index (χ0) is 13.1. The third-order valence-electron chi connectivity index (χ3n) is 3.89. The Morgan fingerprint density at radius 3 is 2.47 bits per heavy atom. The summed E-state index contributed by atoms with van der Waals surface area (Å²) in [6, 6.07) is 1.44. The van der Waals surface area contributed by atoms with E-state index in [-0.39, 0.29) is 12.6 Å². The number of nitrogens with one attached hydrogen (secondary N) is 1. The van der Waals surface area contributed by atoms with Gasteiger partial charge in [0.25, 0.3) is 0 Å². The summed E-state index contributed by atoms with van der Waals surface area (Å²) in [7, 11) is 0. The van der Waals surface area contributed by atoms with E-state index in [1.54, 1.807) is 0 Å². The maximum absolute atomic E-state index is 12.4. The van der Waals surface area contributed by atoms with Gasteiger partial charge in [-0.3, -0.25) is 0 Å². The number of nitrogens with zero attached hydrogens (tertiary/aromatic N) is 1. The van der Waals surface area contributed by atoms with Gasteiger partial charge in [-0.1, -0.05) is 20.3 Å². The Morgan fingerprint density at radius 2 is 2.06 bits per heavy atom. The van der Waals surface area contributed by atoms with Gasteiger partial charge in [0.15, 0.2) is 5.92 Å². The van der Waals surface area contributed by atoms with Gasteiger partial charge in [-0.15, -0.1) is 0 Å². The van der Waals surface area contributed by atoms with Gasteiger partial charge < -0.3 is 5.32 Å². The van der Waals surface area contributed by atoms with Gasteiger partial charge in [0.1, 0.15) is 0 Å². The minimum absolute atomic E-state index is 0.123. The average Bonchev–Trinajstić information content (AvgIpc) is 2.59. The lowest BCUT2D eigenvalue weighted by molar-refractivity contribution is -0.158. The van der Waals surface area contributed by atoms with E-state index in [1.165, 1.54) is 6.07 Å². The molecule has 0 aromatic carbocycles. The summed E-state index contributed by atoms with van der Waals surface area (Å²) in [6.07, 6.45) is -1.37. The normalized spacial score (nSPS) is 31.2. The van der Waals surface area contributed by atoms with E-state index in [4.69, 9.17) is 5.26 Å². The van der Waals surface area contributed by atoms with Crippen LogP contribution >= 0.6 is 0 Å². The standard InChI is InChI=1S/C12H19F3N2/c1-3-9-4-5-11(8(9)2)17-7-10(6-16)12(13,14)15/h8-11,17H,3-5,7H2,1-2H3. The summed E-state index contributed by atoms with van der Waals surface area (Å²) in [6.45, 7) is 3.90. The molecule has 1 aliphatic rings. The fourth-order valence-corrected chi connectivity index (χ4v) is 2.62. The molecule has 0 aliphatic heterocycles. The number of hydrogen-bond acceptors (Lipinski definition) is 2. The van der Waals surface area contributed by atoms with Crippen LogP contribution in [0, 0.1) is 29.1 Å². The van der Waals surface area contributed by atoms with Crippen molar-refractivity contribution >= 4 is 0 Å². The van der Waals surface area contributed by atoms with Crippen LogP contribution in [0.5, 0.6) is 0 Å². The Morgan fingerprint density at radius 1 is 1.41 bits per heavy atom. The summed E-state index contributed by atoms with van der Waals surface area (Å²) < 4.78 is 37.1. The molecule has 0 spiro atoms. The largest absolute Gasteiger partial charge is 0.405 e. The molecule has 0 amide bonds. The van der Waals surface area contributed by atoms with Gasteiger partial charge in [0.05, 0.1) is 6.07 Å². The third kappa shape index (κ3) is 3.60. The Kier molecular flexibility index (Phi) is 4.81. The first-order valence-electron chi connectivity index (χ1n) is 6.09. The molecular weight excluding hydrogens is 229 g/mol. The number of alkyl halides is 3. The van der Waals surface area contributed by atoms with Crippen molar-refractivity contribution in [2.75, 3.05) is 6.54 Å². The van der Waals surface area contributed by atoms with E-state index in [1.807, 2.05) is 0 Å². The molecular formula is C12H19F3N2. The number of halogens is 3. The van der Waals surface area contributed by atoms with Crippen molar-refractivity contribution in [2.45, 2.75) is 45.3 Å². The highest BCUT2D eigenvalue weighted by Gasteiger charge is 2.41. The van der Waals surface area contributed by atoms with Crippen LogP contribution in [0.15, 0.2) is 0 Å². The lowest BCUT2D eigenvalue weighted by Gasteiger charge is -2.23. The van der Waals surface area contributed by atoms with Crippen molar-refractivity contribution in [3.8, 4) is 6.07 Å². The molecule has 1 rings (SSSR count). The number of nitriles is 1. The molecule has 5 heteroatoms. The minimum atomic E-state index is -4.42. The predicted octanol–water partition coefficient (Wildman–Crippen LogP) is 3.10. The molecule has 0 aromatic heterocycles. The van der Waals surface area contributed by atoms with E-state index >= 15 is 0 Å². The van der Waals surface area contributed by atoms with Gasteiger partial charge >= 0.3 is 6.18 Å². The van der Waals surface area contributed by atoms with Crippen LogP contribution in [-0.4, -0.2) is 18.8 Å². The average molecular weight is 248 g/mol. The second-order valence-electron chi connectivity index (χ2n) is 4.84. The van der Waals surface area contributed by atoms with Gasteiger partial charge in [0, 0.05) is 12.6 Å². The highest BCUT2D eigenvalue weighted by molar-refractivity contribution is 4.93. The lowest BCUT2D eigenvalue weighted by Crippen LogP contribution is -2.40. The van der Waals surface area contributed by atoms with Gasteiger partial charge in [-0.2, -0.15) is 18.4 Å². The SMILES string of the molecule is CCC1CCC(NCC(C#N)C(F)(F)F)C1C. The maximum Gasteiger partial charge on any atom is 0.405 e. The molecule has 0 radical (unpaired) electrons. The molecule has 1 fully saturated rings. The van der Waals surface area contributed by atoms with Crippen LogP contribution in [0.4, 0.5) is 13.2 Å².